The molecule has 136 valence electrons. The lowest BCUT2D eigenvalue weighted by atomic mass is 10.1. The molecule has 0 aliphatic carbocycles. The number of hydrogen-bond donors (Lipinski definition) is 0. The van der Waals surface area contributed by atoms with Crippen molar-refractivity contribution in [3.05, 3.63) is 35.9 Å². The first-order valence-corrected chi connectivity index (χ1v) is 9.21. The normalized spacial score (nSPS) is 21.3. The molecule has 0 aromatic heterocycles. The molecule has 1 atom stereocenters. The second-order valence-corrected chi connectivity index (χ2v) is 6.42. The molecule has 0 amide bonds. The fraction of sp³-hybridized carbons (Fsp3) is 0.571. The van der Waals surface area contributed by atoms with E-state index in [0.29, 0.717) is 6.42 Å². The van der Waals surface area contributed by atoms with Gasteiger partial charge in [-0.05, 0) is 44.3 Å². The van der Waals surface area contributed by atoms with Crippen LogP contribution < -0.4 is 0 Å². The van der Waals surface area contributed by atoms with Gasteiger partial charge in [0, 0.05) is 20.1 Å². The number of methoxy groups -OCH3 is 1. The summed E-state index contributed by atoms with van der Waals surface area (Å²) in [7, 11) is 1.68. The van der Waals surface area contributed by atoms with E-state index in [1.807, 2.05) is 0 Å². The smallest absolute Gasteiger partial charge is 0.306 e. The topological polar surface area (TPSA) is 38.8 Å². The number of carbonyl (C=O) groups excluding carboxylic acids is 1. The maximum atomic E-state index is 11.6. The van der Waals surface area contributed by atoms with Crippen LogP contribution in [0.4, 0.5) is 0 Å². The standard InChI is InChI=1S/C21H29NO3/c1-24-20-12-8-16-22(18-19-10-4-2-5-11-19)15-7-3-6-14-21(23)25-17-9-13-20/h2,4-5,10-11,20H,3,6-8,12,14-18H2,1H3. The second kappa shape index (κ2) is 11.7. The van der Waals surface area contributed by atoms with Crippen LogP contribution in [0.5, 0.6) is 0 Å². The van der Waals surface area contributed by atoms with Crippen LogP contribution in [-0.2, 0) is 20.8 Å². The van der Waals surface area contributed by atoms with E-state index in [1.165, 1.54) is 5.56 Å². The van der Waals surface area contributed by atoms with Gasteiger partial charge < -0.3 is 9.47 Å². The number of nitrogens with zero attached hydrogens (tertiary/aromatic N) is 1. The highest BCUT2D eigenvalue weighted by atomic mass is 16.5. The van der Waals surface area contributed by atoms with Crippen LogP contribution in [0.25, 0.3) is 0 Å². The summed E-state index contributed by atoms with van der Waals surface area (Å²) in [5, 5.41) is 0. The van der Waals surface area contributed by atoms with Crippen molar-refractivity contribution in [1.29, 1.82) is 0 Å². The van der Waals surface area contributed by atoms with E-state index in [4.69, 9.17) is 9.47 Å². The third-order valence-electron chi connectivity index (χ3n) is 4.40. The highest BCUT2D eigenvalue weighted by Crippen LogP contribution is 2.11. The first-order valence-electron chi connectivity index (χ1n) is 9.21. The van der Waals surface area contributed by atoms with Crippen molar-refractivity contribution in [1.82, 2.24) is 4.90 Å². The van der Waals surface area contributed by atoms with E-state index in [2.05, 4.69) is 47.1 Å². The summed E-state index contributed by atoms with van der Waals surface area (Å²) in [6.07, 6.45) is 5.35. The lowest BCUT2D eigenvalue weighted by Crippen LogP contribution is -2.26. The number of rotatable bonds is 3. The molecule has 0 radical (unpaired) electrons. The summed E-state index contributed by atoms with van der Waals surface area (Å²) >= 11 is 0. The van der Waals surface area contributed by atoms with Gasteiger partial charge in [0.15, 0.2) is 6.61 Å². The zero-order chi connectivity index (χ0) is 17.7. The van der Waals surface area contributed by atoms with Gasteiger partial charge in [-0.3, -0.25) is 9.69 Å². The monoisotopic (exact) mass is 343 g/mol. The van der Waals surface area contributed by atoms with E-state index in [0.717, 1.165) is 51.7 Å². The molecule has 4 nitrogen and oxygen atoms in total. The van der Waals surface area contributed by atoms with Crippen LogP contribution in [0, 0.1) is 11.8 Å². The first kappa shape index (κ1) is 19.5. The van der Waals surface area contributed by atoms with Gasteiger partial charge in [0.25, 0.3) is 0 Å². The van der Waals surface area contributed by atoms with E-state index in [-0.39, 0.29) is 18.7 Å². The Hall–Kier alpha value is -1.83. The van der Waals surface area contributed by atoms with Crippen LogP contribution in [0.1, 0.15) is 44.1 Å². The van der Waals surface area contributed by atoms with Gasteiger partial charge in [0.2, 0.25) is 0 Å². The molecule has 1 aromatic rings. The predicted octanol–water partition coefficient (Wildman–Crippen LogP) is 3.40. The maximum Gasteiger partial charge on any atom is 0.306 e. The number of benzene rings is 1. The predicted molar refractivity (Wildman–Crippen MR) is 99.0 cm³/mol. The van der Waals surface area contributed by atoms with E-state index in [1.54, 1.807) is 7.11 Å². The lowest BCUT2D eigenvalue weighted by molar-refractivity contribution is -0.142. The largest absolute Gasteiger partial charge is 0.452 e. The Balaban J connectivity index is 1.94. The van der Waals surface area contributed by atoms with Gasteiger partial charge in [-0.1, -0.05) is 48.6 Å². The number of hydrogen-bond acceptors (Lipinski definition) is 4. The Bertz CT molecular complexity index is 561. The molecular formula is C21H29NO3. The fourth-order valence-electron chi connectivity index (χ4n) is 2.99. The molecule has 1 heterocycles. The molecule has 0 bridgehead atoms. The first-order chi connectivity index (χ1) is 12.3. The molecule has 1 aliphatic heterocycles. The van der Waals surface area contributed by atoms with E-state index < -0.39 is 0 Å². The van der Waals surface area contributed by atoms with E-state index >= 15 is 0 Å². The average molecular weight is 343 g/mol. The van der Waals surface area contributed by atoms with Gasteiger partial charge >= 0.3 is 5.97 Å². The molecule has 0 spiro atoms. The van der Waals surface area contributed by atoms with Crippen molar-refractivity contribution >= 4 is 5.97 Å². The molecule has 0 saturated carbocycles. The van der Waals surface area contributed by atoms with E-state index in [9.17, 15) is 4.79 Å². The van der Waals surface area contributed by atoms with Crippen molar-refractivity contribution in [2.24, 2.45) is 0 Å². The van der Waals surface area contributed by atoms with Gasteiger partial charge in [0.1, 0.15) is 6.10 Å². The Morgan fingerprint density at radius 3 is 2.76 bits per heavy atom. The zero-order valence-electron chi connectivity index (χ0n) is 15.2. The highest BCUT2D eigenvalue weighted by molar-refractivity contribution is 5.69. The Morgan fingerprint density at radius 1 is 1.16 bits per heavy atom. The number of cyclic esters (lactones) is 1. The summed E-state index contributed by atoms with van der Waals surface area (Å²) in [6, 6.07) is 10.6. The van der Waals surface area contributed by atoms with Crippen molar-refractivity contribution in [2.75, 3.05) is 26.8 Å². The average Bonchev–Trinajstić information content (AvgIpc) is 2.64. The molecule has 0 saturated heterocycles. The minimum atomic E-state index is -0.153. The number of esters is 1. The van der Waals surface area contributed by atoms with Crippen molar-refractivity contribution < 1.29 is 14.3 Å². The highest BCUT2D eigenvalue weighted by Gasteiger charge is 2.10. The molecular weight excluding hydrogens is 314 g/mol. The molecule has 2 rings (SSSR count). The van der Waals surface area contributed by atoms with Crippen molar-refractivity contribution in [3.63, 3.8) is 0 Å². The molecule has 0 N–H and O–H groups in total. The Morgan fingerprint density at radius 2 is 1.96 bits per heavy atom. The number of ether oxygens (including phenoxy) is 2. The van der Waals surface area contributed by atoms with Crippen LogP contribution in [0.2, 0.25) is 0 Å². The summed E-state index contributed by atoms with van der Waals surface area (Å²) < 4.78 is 10.6. The SMILES string of the molecule is COC1C#CCOC(=O)CCCCCN(Cc2ccccc2)CCC1. The zero-order valence-corrected chi connectivity index (χ0v) is 15.2. The fourth-order valence-corrected chi connectivity index (χ4v) is 2.99. The molecule has 1 aliphatic rings. The van der Waals surface area contributed by atoms with Gasteiger partial charge in [-0.2, -0.15) is 0 Å². The summed E-state index contributed by atoms with van der Waals surface area (Å²) in [6.45, 7) is 3.21. The minimum Gasteiger partial charge on any atom is -0.452 e. The van der Waals surface area contributed by atoms with Crippen molar-refractivity contribution in [3.8, 4) is 11.8 Å². The van der Waals surface area contributed by atoms with Gasteiger partial charge in [-0.25, -0.2) is 0 Å². The molecule has 4 heteroatoms. The lowest BCUT2D eigenvalue weighted by Gasteiger charge is -2.23. The Kier molecular flexibility index (Phi) is 9.11. The van der Waals surface area contributed by atoms with Crippen molar-refractivity contribution in [2.45, 2.75) is 51.2 Å². The molecule has 1 unspecified atom stereocenters. The van der Waals surface area contributed by atoms with Crippen LogP contribution in [-0.4, -0.2) is 43.8 Å². The second-order valence-electron chi connectivity index (χ2n) is 6.42. The minimum absolute atomic E-state index is 0.0950. The van der Waals surface area contributed by atoms with Crippen LogP contribution in [0.3, 0.4) is 0 Å². The summed E-state index contributed by atoms with van der Waals surface area (Å²) in [5.74, 6) is 5.81. The van der Waals surface area contributed by atoms with Crippen LogP contribution >= 0.6 is 0 Å². The summed E-state index contributed by atoms with van der Waals surface area (Å²) in [4.78, 5) is 14.1. The third kappa shape index (κ3) is 8.20. The summed E-state index contributed by atoms with van der Waals surface area (Å²) in [5.41, 5.74) is 1.34. The molecule has 0 fully saturated rings. The van der Waals surface area contributed by atoms with Crippen LogP contribution in [0.15, 0.2) is 30.3 Å². The molecule has 1 aromatic carbocycles. The quantitative estimate of drug-likeness (QED) is 0.623. The number of carbonyl (C=O) groups is 1. The van der Waals surface area contributed by atoms with Gasteiger partial charge in [-0.15, -0.1) is 0 Å². The Labute approximate surface area is 151 Å². The third-order valence-corrected chi connectivity index (χ3v) is 4.40. The maximum absolute atomic E-state index is 11.6. The van der Waals surface area contributed by atoms with Gasteiger partial charge in [0.05, 0.1) is 0 Å². The molecule has 25 heavy (non-hydrogen) atoms.